The van der Waals surface area contributed by atoms with Gasteiger partial charge in [0.1, 0.15) is 0 Å². The van der Waals surface area contributed by atoms with Crippen LogP contribution in [0, 0.1) is 0 Å². The van der Waals surface area contributed by atoms with E-state index in [9.17, 15) is 0 Å². The minimum Gasteiger partial charge on any atom is -0.822 e. The van der Waals surface area contributed by atoms with E-state index in [0.29, 0.717) is 0 Å². The Kier molecular flexibility index (Phi) is 10.9. The second kappa shape index (κ2) is 4.86. The normalized spacial score (nSPS) is 8.43. The Labute approximate surface area is 53.6 Å². The van der Waals surface area contributed by atoms with Crippen molar-refractivity contribution in [3.05, 3.63) is 0 Å². The zero-order valence-corrected chi connectivity index (χ0v) is 6.68. The number of hydrogen-bond donors (Lipinski definition) is 1. The van der Waals surface area contributed by atoms with E-state index in [1.165, 1.54) is 0 Å². The Morgan fingerprint density at radius 2 is 1.14 bits per heavy atom. The zero-order chi connectivity index (χ0) is 4.50. The van der Waals surface area contributed by atoms with Crippen LogP contribution in [0.15, 0.2) is 0 Å². The predicted octanol–water partition coefficient (Wildman–Crippen LogP) is -3.04. The molecule has 0 fully saturated rings. The fraction of sp³-hybridized carbons (Fsp3) is 0. The van der Waals surface area contributed by atoms with E-state index in [2.05, 4.69) is 0 Å². The first-order valence-electron chi connectivity index (χ1n) is 0.730. The second-order valence-corrected chi connectivity index (χ2v) is 1.34. The first-order valence-corrected chi connectivity index (χ1v) is 2.19. The second-order valence-electron chi connectivity index (χ2n) is 0.447. The van der Waals surface area contributed by atoms with E-state index in [0.717, 1.165) is 0 Å². The largest absolute Gasteiger partial charge is 3.00 e. The Balaban J connectivity index is -0.0000000800. The molecule has 0 aliphatic carbocycles. The van der Waals surface area contributed by atoms with Crippen molar-refractivity contribution in [2.75, 3.05) is 0 Å². The number of hydrogen-bond acceptors (Lipinski definition) is 5. The molecule has 0 saturated carbocycles. The Bertz CT molecular complexity index is 57.8. The summed E-state index contributed by atoms with van der Waals surface area (Å²) in [5.41, 5.74) is 0. The molecule has 0 aromatic heterocycles. The van der Waals surface area contributed by atoms with E-state index in [4.69, 9.17) is 19.2 Å². The molecular weight excluding hydrogens is 179 g/mol. The summed E-state index contributed by atoms with van der Waals surface area (Å²) in [4.78, 5) is 25.6. The molecule has 0 radical (unpaired) electrons. The van der Waals surface area contributed by atoms with Gasteiger partial charge in [-0.1, -0.05) is 0 Å². The summed E-state index contributed by atoms with van der Waals surface area (Å²) >= 11 is 0. The monoisotopic (exact) mass is 181 g/mol. The van der Waals surface area contributed by atoms with Crippen molar-refractivity contribution in [2.24, 2.45) is 0 Å². The number of phosphoric acid groups is 1. The van der Waals surface area contributed by atoms with E-state index < -0.39 is 7.82 Å². The minimum absolute atomic E-state index is 0. The molecule has 0 saturated heterocycles. The van der Waals surface area contributed by atoms with Gasteiger partial charge in [-0.2, -0.15) is 7.82 Å². The Morgan fingerprint density at radius 1 is 1.14 bits per heavy atom. The van der Waals surface area contributed by atoms with Crippen molar-refractivity contribution >= 4 is 27.6 Å². The topological polar surface area (TPSA) is 121 Å². The van der Waals surface area contributed by atoms with Crippen LogP contribution >= 0.6 is 7.82 Å². The van der Waals surface area contributed by atoms with Gasteiger partial charge in [-0.3, -0.25) is 0 Å². The van der Waals surface area contributed by atoms with Gasteiger partial charge in [0.2, 0.25) is 0 Å². The van der Waals surface area contributed by atoms with Gasteiger partial charge in [-0.15, -0.1) is 0 Å². The molecule has 0 aromatic rings. The molecule has 0 spiro atoms. The van der Waals surface area contributed by atoms with Crippen LogP contribution in [-0.2, 0) is 4.57 Å². The van der Waals surface area contributed by atoms with E-state index in [1.807, 2.05) is 0 Å². The minimum atomic E-state index is -5.39. The van der Waals surface area contributed by atoms with E-state index in [1.54, 1.807) is 0 Å². The van der Waals surface area contributed by atoms with Gasteiger partial charge in [0.15, 0.2) is 0 Å². The molecule has 0 aliphatic rings. The smallest absolute Gasteiger partial charge is 0.822 e. The van der Waals surface area contributed by atoms with Gasteiger partial charge in [-0.05, 0) is 0 Å². The van der Waals surface area contributed by atoms with Crippen molar-refractivity contribution in [3.8, 4) is 0 Å². The van der Waals surface area contributed by atoms with Crippen LogP contribution in [0.1, 0.15) is 0 Å². The summed E-state index contributed by atoms with van der Waals surface area (Å²) in [7, 11) is -5.39. The first kappa shape index (κ1) is 15.6. The summed E-state index contributed by atoms with van der Waals surface area (Å²) in [6.07, 6.45) is 0. The molecule has 7 heavy (non-hydrogen) atoms. The SMILES string of the molecule is N.O=P([O-])([O-])[O-].[Ga+3]. The molecule has 7 heteroatoms. The summed E-state index contributed by atoms with van der Waals surface area (Å²) in [6, 6.07) is 0. The van der Waals surface area contributed by atoms with E-state index in [-0.39, 0.29) is 25.9 Å². The van der Waals surface area contributed by atoms with Crippen LogP contribution < -0.4 is 20.8 Å². The predicted molar refractivity (Wildman–Crippen MR) is 18.4 cm³/mol. The van der Waals surface area contributed by atoms with Gasteiger partial charge in [0.25, 0.3) is 0 Å². The van der Waals surface area contributed by atoms with Gasteiger partial charge in [-0.25, -0.2) is 0 Å². The maximum Gasteiger partial charge on any atom is 3.00 e. The molecule has 40 valence electrons. The van der Waals surface area contributed by atoms with Crippen LogP contribution in [0.3, 0.4) is 0 Å². The third-order valence-electron chi connectivity index (χ3n) is 0. The summed E-state index contributed by atoms with van der Waals surface area (Å²) in [5.74, 6) is 0. The van der Waals surface area contributed by atoms with Crippen LogP contribution in [-0.4, -0.2) is 19.8 Å². The zero-order valence-electron chi connectivity index (χ0n) is 3.36. The standard InChI is InChI=1S/Ga.H3N.H3O4P/c;;1-5(2,3)4/h;1H3;(H3,1,2,3,4)/q+3;;/p-3. The summed E-state index contributed by atoms with van der Waals surface area (Å²) < 4.78 is 8.55. The number of rotatable bonds is 0. The molecule has 0 rings (SSSR count). The van der Waals surface area contributed by atoms with E-state index >= 15 is 0 Å². The van der Waals surface area contributed by atoms with Crippen LogP contribution in [0.4, 0.5) is 0 Å². The molecule has 5 nitrogen and oxygen atoms in total. The molecule has 0 amide bonds. The molecule has 3 N–H and O–H groups in total. The third-order valence-corrected chi connectivity index (χ3v) is 0. The van der Waals surface area contributed by atoms with Gasteiger partial charge in [0.05, 0.1) is 0 Å². The van der Waals surface area contributed by atoms with Crippen LogP contribution in [0.5, 0.6) is 0 Å². The average Bonchev–Trinajstić information content (AvgIpc) is 0.722. The molecular formula is H3GaNO4P. The quantitative estimate of drug-likeness (QED) is 0.315. The molecule has 0 aromatic carbocycles. The van der Waals surface area contributed by atoms with Crippen molar-refractivity contribution in [2.45, 2.75) is 0 Å². The van der Waals surface area contributed by atoms with Crippen molar-refractivity contribution in [1.29, 1.82) is 0 Å². The maximum absolute atomic E-state index is 8.55. The average molecular weight is 182 g/mol. The molecule has 0 aliphatic heterocycles. The maximum atomic E-state index is 8.55. The summed E-state index contributed by atoms with van der Waals surface area (Å²) in [6.45, 7) is 0. The Hall–Kier alpha value is 0.706. The fourth-order valence-electron chi connectivity index (χ4n) is 0. The van der Waals surface area contributed by atoms with Crippen LogP contribution in [0.25, 0.3) is 0 Å². The van der Waals surface area contributed by atoms with Gasteiger partial charge < -0.3 is 25.4 Å². The molecule has 0 heterocycles. The van der Waals surface area contributed by atoms with Crippen molar-refractivity contribution < 1.29 is 19.2 Å². The fourth-order valence-corrected chi connectivity index (χ4v) is 0. The van der Waals surface area contributed by atoms with Gasteiger partial charge in [0, 0.05) is 0 Å². The first-order chi connectivity index (χ1) is 2.00. The van der Waals surface area contributed by atoms with Crippen molar-refractivity contribution in [1.82, 2.24) is 6.15 Å². The van der Waals surface area contributed by atoms with Crippen LogP contribution in [0.2, 0.25) is 0 Å². The molecule has 0 unspecified atom stereocenters. The van der Waals surface area contributed by atoms with Gasteiger partial charge >= 0.3 is 19.8 Å². The van der Waals surface area contributed by atoms with Crippen molar-refractivity contribution in [3.63, 3.8) is 0 Å². The Morgan fingerprint density at radius 3 is 1.14 bits per heavy atom. The third kappa shape index (κ3) is 298. The molecule has 0 bridgehead atoms. The summed E-state index contributed by atoms with van der Waals surface area (Å²) in [5, 5.41) is 0. The molecule has 0 atom stereocenters.